The molecule has 0 atom stereocenters. The van der Waals surface area contributed by atoms with E-state index in [1.165, 1.54) is 6.07 Å². The van der Waals surface area contributed by atoms with Gasteiger partial charge in [-0.3, -0.25) is 0 Å². The van der Waals surface area contributed by atoms with E-state index in [0.29, 0.717) is 5.92 Å². The minimum Gasteiger partial charge on any atom is -0.508 e. The van der Waals surface area contributed by atoms with Crippen LogP contribution in [0.5, 0.6) is 11.5 Å². The van der Waals surface area contributed by atoms with Crippen molar-refractivity contribution in [1.29, 1.82) is 0 Å². The lowest BCUT2D eigenvalue weighted by Gasteiger charge is -2.27. The van der Waals surface area contributed by atoms with Crippen molar-refractivity contribution >= 4 is 0 Å². The molecule has 3 heteroatoms. The van der Waals surface area contributed by atoms with Gasteiger partial charge in [0.1, 0.15) is 11.5 Å². The molecule has 1 aromatic carbocycles. The van der Waals surface area contributed by atoms with Crippen molar-refractivity contribution in [2.24, 2.45) is 5.92 Å². The Balaban J connectivity index is 2.10. The van der Waals surface area contributed by atoms with Gasteiger partial charge in [-0.2, -0.15) is 0 Å². The highest BCUT2D eigenvalue weighted by Gasteiger charge is 2.17. The Kier molecular flexibility index (Phi) is 2.10. The van der Waals surface area contributed by atoms with Gasteiger partial charge in [-0.15, -0.1) is 0 Å². The van der Waals surface area contributed by atoms with Gasteiger partial charge in [-0.1, -0.05) is 0 Å². The standard InChI is InChI=1S/C10H13NO2/c12-9-2-7(3-10(13)4-9)1-8-5-11-6-8/h2-4,8,11-13H,1,5-6H2. The van der Waals surface area contributed by atoms with Crippen LogP contribution in [0.25, 0.3) is 0 Å². The molecular weight excluding hydrogens is 166 g/mol. The number of hydrogen-bond acceptors (Lipinski definition) is 3. The van der Waals surface area contributed by atoms with Crippen LogP contribution in [0, 0.1) is 5.92 Å². The zero-order valence-corrected chi connectivity index (χ0v) is 7.33. The minimum atomic E-state index is 0.141. The molecule has 3 N–H and O–H groups in total. The summed E-state index contributed by atoms with van der Waals surface area (Å²) in [7, 11) is 0. The Morgan fingerprint density at radius 1 is 1.15 bits per heavy atom. The lowest BCUT2D eigenvalue weighted by molar-refractivity contribution is 0.345. The number of benzene rings is 1. The predicted octanol–water partition coefficient (Wildman–Crippen LogP) is 0.860. The van der Waals surface area contributed by atoms with Gasteiger partial charge in [0.15, 0.2) is 0 Å². The fourth-order valence-electron chi connectivity index (χ4n) is 1.60. The van der Waals surface area contributed by atoms with Crippen molar-refractivity contribution in [3.05, 3.63) is 23.8 Å². The van der Waals surface area contributed by atoms with Crippen molar-refractivity contribution < 1.29 is 10.2 Å². The van der Waals surface area contributed by atoms with E-state index in [2.05, 4.69) is 5.32 Å². The van der Waals surface area contributed by atoms with E-state index in [9.17, 15) is 10.2 Å². The third-order valence-corrected chi connectivity index (χ3v) is 2.35. The van der Waals surface area contributed by atoms with Crippen LogP contribution in [0.2, 0.25) is 0 Å². The van der Waals surface area contributed by atoms with Gasteiger partial charge in [0.25, 0.3) is 0 Å². The van der Waals surface area contributed by atoms with E-state index < -0.39 is 0 Å². The summed E-state index contributed by atoms with van der Waals surface area (Å²) in [5.41, 5.74) is 1.00. The molecule has 0 aromatic heterocycles. The van der Waals surface area contributed by atoms with Crippen molar-refractivity contribution in [2.75, 3.05) is 13.1 Å². The maximum atomic E-state index is 9.22. The summed E-state index contributed by atoms with van der Waals surface area (Å²) in [6, 6.07) is 4.76. The van der Waals surface area contributed by atoms with E-state index >= 15 is 0 Å². The molecule has 3 nitrogen and oxygen atoms in total. The number of phenolic OH excluding ortho intramolecular Hbond substituents is 2. The topological polar surface area (TPSA) is 52.5 Å². The Bertz CT molecular complexity index is 288. The van der Waals surface area contributed by atoms with Crippen LogP contribution in [-0.2, 0) is 6.42 Å². The van der Waals surface area contributed by atoms with Gasteiger partial charge >= 0.3 is 0 Å². The monoisotopic (exact) mass is 179 g/mol. The van der Waals surface area contributed by atoms with Gasteiger partial charge in [0.05, 0.1) is 0 Å². The van der Waals surface area contributed by atoms with E-state index in [1.807, 2.05) is 0 Å². The van der Waals surface area contributed by atoms with Gasteiger partial charge in [-0.05, 0) is 43.1 Å². The molecule has 1 aliphatic rings. The average molecular weight is 179 g/mol. The fourth-order valence-corrected chi connectivity index (χ4v) is 1.60. The first-order valence-electron chi connectivity index (χ1n) is 4.46. The van der Waals surface area contributed by atoms with Gasteiger partial charge in [0, 0.05) is 6.07 Å². The van der Waals surface area contributed by atoms with Gasteiger partial charge < -0.3 is 15.5 Å². The van der Waals surface area contributed by atoms with Crippen LogP contribution < -0.4 is 5.32 Å². The molecule has 13 heavy (non-hydrogen) atoms. The molecule has 0 spiro atoms. The summed E-state index contributed by atoms with van der Waals surface area (Å²) in [6.07, 6.45) is 0.926. The molecule has 1 aliphatic heterocycles. The Morgan fingerprint density at radius 2 is 1.77 bits per heavy atom. The Hall–Kier alpha value is -1.22. The lowest BCUT2D eigenvalue weighted by Crippen LogP contribution is -2.43. The van der Waals surface area contributed by atoms with Gasteiger partial charge in [0.2, 0.25) is 0 Å². The smallest absolute Gasteiger partial charge is 0.119 e. The van der Waals surface area contributed by atoms with Crippen LogP contribution in [0.1, 0.15) is 5.56 Å². The number of aromatic hydroxyl groups is 2. The molecule has 0 aliphatic carbocycles. The molecule has 1 fully saturated rings. The Morgan fingerprint density at radius 3 is 2.23 bits per heavy atom. The largest absolute Gasteiger partial charge is 0.508 e. The maximum absolute atomic E-state index is 9.22. The van der Waals surface area contributed by atoms with E-state index in [0.717, 1.165) is 25.1 Å². The number of rotatable bonds is 2. The summed E-state index contributed by atoms with van der Waals surface area (Å²) in [6.45, 7) is 2.08. The third kappa shape index (κ3) is 1.92. The van der Waals surface area contributed by atoms with Crippen molar-refractivity contribution in [2.45, 2.75) is 6.42 Å². The second kappa shape index (κ2) is 3.26. The zero-order chi connectivity index (χ0) is 9.26. The highest BCUT2D eigenvalue weighted by molar-refractivity contribution is 5.36. The molecule has 0 radical (unpaired) electrons. The molecule has 1 aromatic rings. The van der Waals surface area contributed by atoms with E-state index in [1.54, 1.807) is 12.1 Å². The molecule has 1 saturated heterocycles. The highest BCUT2D eigenvalue weighted by atomic mass is 16.3. The second-order valence-corrected chi connectivity index (χ2v) is 3.59. The molecule has 70 valence electrons. The molecule has 0 amide bonds. The summed E-state index contributed by atoms with van der Waals surface area (Å²) in [5, 5.41) is 21.6. The molecule has 0 unspecified atom stereocenters. The lowest BCUT2D eigenvalue weighted by atomic mass is 9.94. The highest BCUT2D eigenvalue weighted by Crippen LogP contribution is 2.23. The quantitative estimate of drug-likeness (QED) is 0.631. The van der Waals surface area contributed by atoms with E-state index in [4.69, 9.17) is 0 Å². The number of hydrogen-bond donors (Lipinski definition) is 3. The fraction of sp³-hybridized carbons (Fsp3) is 0.400. The van der Waals surface area contributed by atoms with Crippen LogP contribution in [-0.4, -0.2) is 23.3 Å². The Labute approximate surface area is 77.0 Å². The number of phenols is 2. The minimum absolute atomic E-state index is 0.141. The first-order chi connectivity index (χ1) is 6.24. The predicted molar refractivity (Wildman–Crippen MR) is 49.8 cm³/mol. The van der Waals surface area contributed by atoms with Crippen molar-refractivity contribution in [3.8, 4) is 11.5 Å². The SMILES string of the molecule is Oc1cc(O)cc(CC2CNC2)c1. The third-order valence-electron chi connectivity index (χ3n) is 2.35. The average Bonchev–Trinajstić information content (AvgIpc) is 1.95. The second-order valence-electron chi connectivity index (χ2n) is 3.59. The van der Waals surface area contributed by atoms with Crippen molar-refractivity contribution in [3.63, 3.8) is 0 Å². The van der Waals surface area contributed by atoms with Gasteiger partial charge in [-0.25, -0.2) is 0 Å². The zero-order valence-electron chi connectivity index (χ0n) is 7.33. The summed E-state index contributed by atoms with van der Waals surface area (Å²) >= 11 is 0. The van der Waals surface area contributed by atoms with Crippen LogP contribution in [0.3, 0.4) is 0 Å². The first kappa shape index (κ1) is 8.38. The summed E-state index contributed by atoms with van der Waals surface area (Å²) < 4.78 is 0. The molecule has 2 rings (SSSR count). The van der Waals surface area contributed by atoms with Crippen LogP contribution in [0.15, 0.2) is 18.2 Å². The van der Waals surface area contributed by atoms with Crippen LogP contribution >= 0.6 is 0 Å². The van der Waals surface area contributed by atoms with E-state index in [-0.39, 0.29) is 11.5 Å². The molecule has 0 saturated carbocycles. The molecule has 0 bridgehead atoms. The molecular formula is C10H13NO2. The number of nitrogens with one attached hydrogen (secondary N) is 1. The summed E-state index contributed by atoms with van der Waals surface area (Å²) in [4.78, 5) is 0. The van der Waals surface area contributed by atoms with Crippen LogP contribution in [0.4, 0.5) is 0 Å². The molecule has 1 heterocycles. The van der Waals surface area contributed by atoms with Crippen molar-refractivity contribution in [1.82, 2.24) is 5.32 Å². The maximum Gasteiger partial charge on any atom is 0.119 e. The first-order valence-corrected chi connectivity index (χ1v) is 4.46. The normalized spacial score (nSPS) is 16.9. The summed E-state index contributed by atoms with van der Waals surface area (Å²) in [5.74, 6) is 0.936.